The van der Waals surface area contributed by atoms with E-state index in [1.54, 1.807) is 0 Å². The van der Waals surface area contributed by atoms with E-state index < -0.39 is 0 Å². The van der Waals surface area contributed by atoms with Gasteiger partial charge in [-0.05, 0) is 5.92 Å². The lowest BCUT2D eigenvalue weighted by molar-refractivity contribution is -0.146. The number of urea groups is 1. The highest BCUT2D eigenvalue weighted by molar-refractivity contribution is 5.96. The molecule has 0 aromatic carbocycles. The first-order valence-corrected chi connectivity index (χ1v) is 6.41. The lowest BCUT2D eigenvalue weighted by atomic mass is 9.99. The molecule has 2 aliphatic rings. The molecule has 2 rings (SSSR count). The van der Waals surface area contributed by atoms with Gasteiger partial charge in [0.15, 0.2) is 0 Å². The van der Waals surface area contributed by atoms with Crippen LogP contribution in [0.5, 0.6) is 0 Å². The fourth-order valence-corrected chi connectivity index (χ4v) is 2.64. The van der Waals surface area contributed by atoms with Crippen molar-refractivity contribution in [2.45, 2.75) is 6.92 Å². The molecule has 19 heavy (non-hydrogen) atoms. The standard InChI is InChI=1S/C12H19N3O4/c1-8-5-14(6-9(8)11(17)19-2)7-10(16)15-4-3-13-12(15)18/h8-9H,3-7H2,1-2H3,(H,13,18). The molecule has 0 radical (unpaired) electrons. The Kier molecular flexibility index (Phi) is 4.04. The van der Waals surface area contributed by atoms with Gasteiger partial charge in [-0.25, -0.2) is 4.79 Å². The second-order valence-corrected chi connectivity index (χ2v) is 5.08. The van der Waals surface area contributed by atoms with Crippen LogP contribution in [0, 0.1) is 11.8 Å². The molecule has 7 nitrogen and oxygen atoms in total. The van der Waals surface area contributed by atoms with Crippen molar-refractivity contribution in [1.82, 2.24) is 15.1 Å². The highest BCUT2D eigenvalue weighted by Gasteiger charge is 2.37. The van der Waals surface area contributed by atoms with Crippen molar-refractivity contribution in [2.75, 3.05) is 39.8 Å². The fraction of sp³-hybridized carbons (Fsp3) is 0.750. The Hall–Kier alpha value is -1.63. The molecule has 7 heteroatoms. The Balaban J connectivity index is 1.89. The van der Waals surface area contributed by atoms with Crippen molar-refractivity contribution in [3.8, 4) is 0 Å². The van der Waals surface area contributed by atoms with Crippen LogP contribution < -0.4 is 5.32 Å². The second-order valence-electron chi connectivity index (χ2n) is 5.08. The predicted molar refractivity (Wildman–Crippen MR) is 66.2 cm³/mol. The van der Waals surface area contributed by atoms with Gasteiger partial charge in [-0.3, -0.25) is 19.4 Å². The van der Waals surface area contributed by atoms with Gasteiger partial charge in [0.1, 0.15) is 0 Å². The van der Waals surface area contributed by atoms with Gasteiger partial charge in [-0.2, -0.15) is 0 Å². The van der Waals surface area contributed by atoms with Gasteiger partial charge in [0.05, 0.1) is 19.6 Å². The molecule has 2 saturated heterocycles. The average molecular weight is 269 g/mol. The molecule has 0 aromatic rings. The van der Waals surface area contributed by atoms with Gasteiger partial charge in [-0.1, -0.05) is 6.92 Å². The van der Waals surface area contributed by atoms with Crippen LogP contribution in [-0.4, -0.2) is 67.5 Å². The number of likely N-dealkylation sites (tertiary alicyclic amines) is 1. The first kappa shape index (κ1) is 13.8. The summed E-state index contributed by atoms with van der Waals surface area (Å²) in [6.45, 7) is 4.24. The van der Waals surface area contributed by atoms with Gasteiger partial charge >= 0.3 is 12.0 Å². The summed E-state index contributed by atoms with van der Waals surface area (Å²) in [5, 5.41) is 2.59. The van der Waals surface area contributed by atoms with E-state index in [1.807, 2.05) is 11.8 Å². The third-order valence-electron chi connectivity index (χ3n) is 3.71. The van der Waals surface area contributed by atoms with Crippen molar-refractivity contribution in [2.24, 2.45) is 11.8 Å². The number of nitrogens with zero attached hydrogens (tertiary/aromatic N) is 2. The normalized spacial score (nSPS) is 27.5. The van der Waals surface area contributed by atoms with Crippen molar-refractivity contribution >= 4 is 17.9 Å². The summed E-state index contributed by atoms with van der Waals surface area (Å²) in [5.41, 5.74) is 0. The summed E-state index contributed by atoms with van der Waals surface area (Å²) >= 11 is 0. The van der Waals surface area contributed by atoms with Crippen LogP contribution in [0.1, 0.15) is 6.92 Å². The number of nitrogens with one attached hydrogen (secondary N) is 1. The van der Waals surface area contributed by atoms with E-state index in [1.165, 1.54) is 12.0 Å². The van der Waals surface area contributed by atoms with Crippen molar-refractivity contribution < 1.29 is 19.1 Å². The van der Waals surface area contributed by atoms with E-state index in [0.717, 1.165) is 0 Å². The maximum Gasteiger partial charge on any atom is 0.324 e. The van der Waals surface area contributed by atoms with Crippen LogP contribution in [0.4, 0.5) is 4.79 Å². The minimum atomic E-state index is -0.332. The Labute approximate surface area is 111 Å². The average Bonchev–Trinajstić information content (AvgIpc) is 2.94. The largest absolute Gasteiger partial charge is 0.469 e. The van der Waals surface area contributed by atoms with Gasteiger partial charge in [0.25, 0.3) is 0 Å². The summed E-state index contributed by atoms with van der Waals surface area (Å²) in [4.78, 5) is 38.0. The van der Waals surface area contributed by atoms with Crippen molar-refractivity contribution in [3.63, 3.8) is 0 Å². The molecule has 2 heterocycles. The van der Waals surface area contributed by atoms with Crippen LogP contribution in [0.2, 0.25) is 0 Å². The first-order valence-electron chi connectivity index (χ1n) is 6.41. The van der Waals surface area contributed by atoms with Gasteiger partial charge in [0, 0.05) is 26.2 Å². The highest BCUT2D eigenvalue weighted by Crippen LogP contribution is 2.23. The van der Waals surface area contributed by atoms with E-state index in [2.05, 4.69) is 5.32 Å². The SMILES string of the molecule is COC(=O)C1CN(CC(=O)N2CCNC2=O)CC1C. The molecule has 1 N–H and O–H groups in total. The smallest absolute Gasteiger partial charge is 0.324 e. The Bertz CT molecular complexity index is 398. The number of imide groups is 1. The zero-order valence-electron chi connectivity index (χ0n) is 11.2. The highest BCUT2D eigenvalue weighted by atomic mass is 16.5. The van der Waals surface area contributed by atoms with E-state index in [-0.39, 0.29) is 36.3 Å². The first-order chi connectivity index (χ1) is 9.02. The summed E-state index contributed by atoms with van der Waals surface area (Å²) in [7, 11) is 1.37. The van der Waals surface area contributed by atoms with Gasteiger partial charge in [0.2, 0.25) is 5.91 Å². The molecule has 2 aliphatic heterocycles. The van der Waals surface area contributed by atoms with E-state index in [4.69, 9.17) is 4.74 Å². The topological polar surface area (TPSA) is 79.0 Å². The molecule has 0 saturated carbocycles. The maximum absolute atomic E-state index is 12.0. The fourth-order valence-electron chi connectivity index (χ4n) is 2.64. The molecule has 2 fully saturated rings. The van der Waals surface area contributed by atoms with Crippen LogP contribution in [0.25, 0.3) is 0 Å². The van der Waals surface area contributed by atoms with Crippen molar-refractivity contribution in [3.05, 3.63) is 0 Å². The van der Waals surface area contributed by atoms with Gasteiger partial charge < -0.3 is 10.1 Å². The molecular weight excluding hydrogens is 250 g/mol. The number of amides is 3. The van der Waals surface area contributed by atoms with Gasteiger partial charge in [-0.15, -0.1) is 0 Å². The summed E-state index contributed by atoms with van der Waals surface area (Å²) < 4.78 is 4.75. The molecule has 2 atom stereocenters. The lowest BCUT2D eigenvalue weighted by Gasteiger charge is -2.18. The van der Waals surface area contributed by atoms with E-state index in [0.29, 0.717) is 26.2 Å². The minimum absolute atomic E-state index is 0.160. The molecule has 3 amide bonds. The molecule has 0 aliphatic carbocycles. The molecule has 0 spiro atoms. The third kappa shape index (κ3) is 2.86. The Morgan fingerprint density at radius 2 is 2.16 bits per heavy atom. The molecule has 106 valence electrons. The van der Waals surface area contributed by atoms with Crippen LogP contribution >= 0.6 is 0 Å². The zero-order chi connectivity index (χ0) is 14.0. The number of hydrogen-bond donors (Lipinski definition) is 1. The molecule has 0 bridgehead atoms. The number of esters is 1. The maximum atomic E-state index is 12.0. The Morgan fingerprint density at radius 1 is 1.42 bits per heavy atom. The van der Waals surface area contributed by atoms with Crippen LogP contribution in [-0.2, 0) is 14.3 Å². The molecular formula is C12H19N3O4. The van der Waals surface area contributed by atoms with E-state index >= 15 is 0 Å². The monoisotopic (exact) mass is 269 g/mol. The predicted octanol–water partition coefficient (Wildman–Crippen LogP) is -0.721. The zero-order valence-corrected chi connectivity index (χ0v) is 11.2. The number of rotatable bonds is 3. The summed E-state index contributed by atoms with van der Waals surface area (Å²) in [6, 6.07) is -0.332. The lowest BCUT2D eigenvalue weighted by Crippen LogP contribution is -2.41. The van der Waals surface area contributed by atoms with Crippen LogP contribution in [0.15, 0.2) is 0 Å². The quantitative estimate of drug-likeness (QED) is 0.684. The second kappa shape index (κ2) is 5.56. The number of carbonyl (C=O) groups excluding carboxylic acids is 3. The third-order valence-corrected chi connectivity index (χ3v) is 3.71. The number of ether oxygens (including phenoxy) is 1. The number of methoxy groups -OCH3 is 1. The Morgan fingerprint density at radius 3 is 2.74 bits per heavy atom. The molecule has 2 unspecified atom stereocenters. The summed E-state index contributed by atoms with van der Waals surface area (Å²) in [6.07, 6.45) is 0. The minimum Gasteiger partial charge on any atom is -0.469 e. The van der Waals surface area contributed by atoms with Crippen LogP contribution in [0.3, 0.4) is 0 Å². The van der Waals surface area contributed by atoms with Crippen molar-refractivity contribution in [1.29, 1.82) is 0 Å². The molecule has 0 aromatic heterocycles. The summed E-state index contributed by atoms with van der Waals surface area (Å²) in [5.74, 6) is -0.480. The number of carbonyl (C=O) groups is 3. The van der Waals surface area contributed by atoms with E-state index in [9.17, 15) is 14.4 Å². The number of hydrogen-bond acceptors (Lipinski definition) is 5.